The molecule has 0 radical (unpaired) electrons. The minimum absolute atomic E-state index is 0. The summed E-state index contributed by atoms with van der Waals surface area (Å²) in [6.07, 6.45) is 0.853. The Balaban J connectivity index is 0.00000280. The van der Waals surface area contributed by atoms with E-state index in [2.05, 4.69) is 25.3 Å². The maximum atomic E-state index is 11.3. The molecule has 28 heavy (non-hydrogen) atoms. The van der Waals surface area contributed by atoms with E-state index >= 15 is 0 Å². The lowest BCUT2D eigenvalue weighted by atomic mass is 10.2. The second-order valence-corrected chi connectivity index (χ2v) is 5.79. The third-order valence-electron chi connectivity index (χ3n) is 3.79. The number of nitrogens with one attached hydrogen (secondary N) is 2. The molecule has 2 aromatic carbocycles. The van der Waals surface area contributed by atoms with Crippen molar-refractivity contribution in [3.05, 3.63) is 41.7 Å². The van der Waals surface area contributed by atoms with Crippen LogP contribution in [0.15, 0.2) is 36.7 Å². The number of anilines is 3. The van der Waals surface area contributed by atoms with Crippen molar-refractivity contribution in [2.24, 2.45) is 0 Å². The first-order valence-electron chi connectivity index (χ1n) is 7.84. The molecule has 8 nitrogen and oxygen atoms in total. The van der Waals surface area contributed by atoms with E-state index in [-0.39, 0.29) is 12.4 Å². The molecular weight excluding hydrogens is 407 g/mol. The molecular formula is C18H18Cl2N4O4. The van der Waals surface area contributed by atoms with E-state index in [1.165, 1.54) is 13.4 Å². The van der Waals surface area contributed by atoms with Gasteiger partial charge in [-0.1, -0.05) is 11.6 Å². The highest BCUT2D eigenvalue weighted by Gasteiger charge is 2.12. The van der Waals surface area contributed by atoms with E-state index in [0.717, 1.165) is 5.39 Å². The van der Waals surface area contributed by atoms with Gasteiger partial charge in [-0.3, -0.25) is 5.32 Å². The number of methoxy groups -OCH3 is 3. The molecule has 0 spiro atoms. The summed E-state index contributed by atoms with van der Waals surface area (Å²) < 4.78 is 15.2. The van der Waals surface area contributed by atoms with Crippen molar-refractivity contribution in [1.29, 1.82) is 0 Å². The second kappa shape index (κ2) is 9.29. The molecule has 0 bridgehead atoms. The Morgan fingerprint density at radius 2 is 1.75 bits per heavy atom. The van der Waals surface area contributed by atoms with E-state index in [0.29, 0.717) is 39.2 Å². The lowest BCUT2D eigenvalue weighted by molar-refractivity contribution is 0.187. The van der Waals surface area contributed by atoms with Crippen LogP contribution < -0.4 is 20.1 Å². The largest absolute Gasteiger partial charge is 0.493 e. The molecule has 0 atom stereocenters. The fourth-order valence-corrected chi connectivity index (χ4v) is 2.70. The lowest BCUT2D eigenvalue weighted by Gasteiger charge is -2.13. The van der Waals surface area contributed by atoms with Crippen molar-refractivity contribution in [3.63, 3.8) is 0 Å². The molecule has 0 aliphatic rings. The van der Waals surface area contributed by atoms with Gasteiger partial charge < -0.3 is 19.5 Å². The smallest absolute Gasteiger partial charge is 0.411 e. The molecule has 0 aliphatic heterocycles. The third-order valence-corrected chi connectivity index (χ3v) is 4.11. The van der Waals surface area contributed by atoms with Crippen LogP contribution in [-0.2, 0) is 4.74 Å². The maximum absolute atomic E-state index is 11.3. The number of carbonyl (C=O) groups excluding carboxylic acids is 1. The van der Waals surface area contributed by atoms with Gasteiger partial charge in [0.05, 0.1) is 37.6 Å². The Kier molecular flexibility index (Phi) is 7.08. The van der Waals surface area contributed by atoms with Gasteiger partial charge in [-0.2, -0.15) is 0 Å². The Bertz CT molecular complexity index is 1000. The number of rotatable bonds is 5. The number of aromatic nitrogens is 2. The van der Waals surface area contributed by atoms with Crippen LogP contribution in [0.5, 0.6) is 11.5 Å². The fourth-order valence-electron chi connectivity index (χ4n) is 2.47. The van der Waals surface area contributed by atoms with Gasteiger partial charge >= 0.3 is 6.09 Å². The van der Waals surface area contributed by atoms with Crippen molar-refractivity contribution in [2.45, 2.75) is 0 Å². The maximum Gasteiger partial charge on any atom is 0.411 e. The van der Waals surface area contributed by atoms with Crippen molar-refractivity contribution in [1.82, 2.24) is 9.97 Å². The average Bonchev–Trinajstić information content (AvgIpc) is 2.69. The summed E-state index contributed by atoms with van der Waals surface area (Å²) >= 11 is 6.22. The van der Waals surface area contributed by atoms with Crippen LogP contribution in [0.3, 0.4) is 0 Å². The molecule has 0 unspecified atom stereocenters. The second-order valence-electron chi connectivity index (χ2n) is 5.38. The number of fused-ring (bicyclic) bond motifs is 1. The first-order valence-corrected chi connectivity index (χ1v) is 8.21. The van der Waals surface area contributed by atoms with Crippen LogP contribution in [-0.4, -0.2) is 37.4 Å². The van der Waals surface area contributed by atoms with Gasteiger partial charge in [-0.05, 0) is 24.3 Å². The molecule has 0 fully saturated rings. The topological polar surface area (TPSA) is 94.6 Å². The summed E-state index contributed by atoms with van der Waals surface area (Å²) in [7, 11) is 4.41. The minimum Gasteiger partial charge on any atom is -0.493 e. The number of hydrogen-bond donors (Lipinski definition) is 2. The quantitative estimate of drug-likeness (QED) is 0.615. The van der Waals surface area contributed by atoms with E-state index in [9.17, 15) is 4.79 Å². The van der Waals surface area contributed by atoms with Crippen molar-refractivity contribution >= 4 is 58.2 Å². The molecule has 1 heterocycles. The standard InChI is InChI=1S/C18H17ClN4O4.ClH/c1-25-15-7-11-14(8-16(15)26-2)20-9-21-17(11)22-10-4-5-13(12(19)6-10)23-18(24)27-3;/h4-9H,1-3H3,(H,23,24)(H,20,21,22);1H. The first-order chi connectivity index (χ1) is 13.0. The summed E-state index contributed by atoms with van der Waals surface area (Å²) in [6.45, 7) is 0. The number of ether oxygens (including phenoxy) is 3. The normalized spacial score (nSPS) is 10.0. The summed E-state index contributed by atoms with van der Waals surface area (Å²) in [6, 6.07) is 8.66. The number of nitrogens with zero attached hydrogens (tertiary/aromatic N) is 2. The number of hydrogen-bond acceptors (Lipinski definition) is 7. The number of carbonyl (C=O) groups is 1. The highest BCUT2D eigenvalue weighted by Crippen LogP contribution is 2.35. The van der Waals surface area contributed by atoms with E-state index < -0.39 is 6.09 Å². The van der Waals surface area contributed by atoms with Gasteiger partial charge in [0.25, 0.3) is 0 Å². The van der Waals surface area contributed by atoms with Gasteiger partial charge in [-0.15, -0.1) is 12.4 Å². The molecule has 148 valence electrons. The van der Waals surface area contributed by atoms with Crippen LogP contribution in [0.2, 0.25) is 5.02 Å². The van der Waals surface area contributed by atoms with Gasteiger partial charge in [0.2, 0.25) is 0 Å². The summed E-state index contributed by atoms with van der Waals surface area (Å²) in [5, 5.41) is 6.83. The molecule has 0 saturated heterocycles. The van der Waals surface area contributed by atoms with Crippen molar-refractivity contribution < 1.29 is 19.0 Å². The van der Waals surface area contributed by atoms with Crippen LogP contribution in [0.4, 0.5) is 22.0 Å². The minimum atomic E-state index is -0.597. The number of halogens is 2. The Morgan fingerprint density at radius 3 is 2.39 bits per heavy atom. The zero-order valence-electron chi connectivity index (χ0n) is 15.3. The summed E-state index contributed by atoms with van der Waals surface area (Å²) in [4.78, 5) is 19.9. The summed E-state index contributed by atoms with van der Waals surface area (Å²) in [5.74, 6) is 1.72. The zero-order chi connectivity index (χ0) is 19.4. The van der Waals surface area contributed by atoms with Crippen LogP contribution in [0, 0.1) is 0 Å². The Morgan fingerprint density at radius 1 is 1.04 bits per heavy atom. The van der Waals surface area contributed by atoms with Gasteiger partial charge in [0.1, 0.15) is 12.1 Å². The molecule has 1 aromatic heterocycles. The monoisotopic (exact) mass is 424 g/mol. The van der Waals surface area contributed by atoms with Gasteiger partial charge in [0, 0.05) is 17.1 Å². The average molecular weight is 425 g/mol. The molecule has 3 aromatic rings. The highest BCUT2D eigenvalue weighted by atomic mass is 35.5. The molecule has 2 N–H and O–H groups in total. The molecule has 10 heteroatoms. The zero-order valence-corrected chi connectivity index (χ0v) is 16.9. The Hall–Kier alpha value is -2.97. The summed E-state index contributed by atoms with van der Waals surface area (Å²) in [5.41, 5.74) is 1.82. The van der Waals surface area contributed by atoms with Gasteiger partial charge in [-0.25, -0.2) is 14.8 Å². The van der Waals surface area contributed by atoms with Crippen LogP contribution >= 0.6 is 24.0 Å². The molecule has 0 aliphatic carbocycles. The predicted octanol–water partition coefficient (Wildman–Crippen LogP) is 4.64. The molecule has 0 saturated carbocycles. The van der Waals surface area contributed by atoms with Crippen molar-refractivity contribution in [2.75, 3.05) is 32.0 Å². The third kappa shape index (κ3) is 4.47. The van der Waals surface area contributed by atoms with Gasteiger partial charge in [0.15, 0.2) is 11.5 Å². The van der Waals surface area contributed by atoms with E-state index in [1.807, 2.05) is 0 Å². The molecule has 3 rings (SSSR count). The van der Waals surface area contributed by atoms with Crippen LogP contribution in [0.1, 0.15) is 0 Å². The predicted molar refractivity (Wildman–Crippen MR) is 111 cm³/mol. The SMILES string of the molecule is COC(=O)Nc1ccc(Nc2ncnc3cc(OC)c(OC)cc23)cc1Cl.Cl. The first kappa shape index (κ1) is 21.3. The fraction of sp³-hybridized carbons (Fsp3) is 0.167. The van der Waals surface area contributed by atoms with E-state index in [1.54, 1.807) is 44.6 Å². The van der Waals surface area contributed by atoms with Crippen LogP contribution in [0.25, 0.3) is 10.9 Å². The number of amides is 1. The molecule has 1 amide bonds. The van der Waals surface area contributed by atoms with Crippen molar-refractivity contribution in [3.8, 4) is 11.5 Å². The number of benzene rings is 2. The highest BCUT2D eigenvalue weighted by molar-refractivity contribution is 6.34. The Labute approximate surface area is 172 Å². The van der Waals surface area contributed by atoms with E-state index in [4.69, 9.17) is 21.1 Å². The lowest BCUT2D eigenvalue weighted by Crippen LogP contribution is -2.11.